The molecule has 1 aliphatic rings. The van der Waals surface area contributed by atoms with Crippen LogP contribution in [0.15, 0.2) is 0 Å². The molecule has 0 bridgehead atoms. The summed E-state index contributed by atoms with van der Waals surface area (Å²) in [6.07, 6.45) is 2.96. The third-order valence-corrected chi connectivity index (χ3v) is 3.07. The summed E-state index contributed by atoms with van der Waals surface area (Å²) in [6.45, 7) is 1.93. The Balaban J connectivity index is 2.72. The SMILES string of the molecule is COC(=O)C(CN)(CC(C)O)CC1CC1. The fourth-order valence-corrected chi connectivity index (χ4v) is 2.16. The van der Waals surface area contributed by atoms with Crippen molar-refractivity contribution in [1.82, 2.24) is 0 Å². The highest BCUT2D eigenvalue weighted by Crippen LogP contribution is 2.42. The monoisotopic (exact) mass is 215 g/mol. The first kappa shape index (κ1) is 12.5. The number of esters is 1. The van der Waals surface area contributed by atoms with Gasteiger partial charge in [0.25, 0.3) is 0 Å². The lowest BCUT2D eigenvalue weighted by Crippen LogP contribution is -2.42. The number of hydrogen-bond donors (Lipinski definition) is 2. The van der Waals surface area contributed by atoms with Crippen LogP contribution in [0.1, 0.15) is 32.6 Å². The van der Waals surface area contributed by atoms with E-state index in [1.54, 1.807) is 6.92 Å². The first-order valence-electron chi connectivity index (χ1n) is 5.50. The maximum Gasteiger partial charge on any atom is 0.313 e. The number of aliphatic hydroxyl groups excluding tert-OH is 1. The molecule has 0 amide bonds. The predicted octanol–water partition coefficient (Wildman–Crippen LogP) is 0.675. The summed E-state index contributed by atoms with van der Waals surface area (Å²) in [7, 11) is 1.38. The average Bonchev–Trinajstić information content (AvgIpc) is 2.98. The fourth-order valence-electron chi connectivity index (χ4n) is 2.16. The molecule has 0 saturated heterocycles. The minimum atomic E-state index is -0.677. The molecular formula is C11H21NO3. The van der Waals surface area contributed by atoms with Gasteiger partial charge in [-0.1, -0.05) is 12.8 Å². The minimum Gasteiger partial charge on any atom is -0.469 e. The van der Waals surface area contributed by atoms with Crippen molar-refractivity contribution in [2.24, 2.45) is 17.1 Å². The number of rotatable bonds is 6. The molecule has 1 aliphatic carbocycles. The van der Waals surface area contributed by atoms with E-state index in [1.807, 2.05) is 0 Å². The Hall–Kier alpha value is -0.610. The van der Waals surface area contributed by atoms with E-state index < -0.39 is 11.5 Å². The average molecular weight is 215 g/mol. The normalized spacial score (nSPS) is 21.9. The third kappa shape index (κ3) is 3.18. The molecule has 0 heterocycles. The summed E-state index contributed by atoms with van der Waals surface area (Å²) in [5.41, 5.74) is 5.02. The highest BCUT2D eigenvalue weighted by Gasteiger charge is 2.43. The van der Waals surface area contributed by atoms with Gasteiger partial charge in [0, 0.05) is 6.54 Å². The lowest BCUT2D eigenvalue weighted by Gasteiger charge is -2.30. The van der Waals surface area contributed by atoms with Crippen molar-refractivity contribution in [3.63, 3.8) is 0 Å². The molecule has 4 heteroatoms. The molecule has 88 valence electrons. The van der Waals surface area contributed by atoms with Gasteiger partial charge in [0.2, 0.25) is 0 Å². The summed E-state index contributed by atoms with van der Waals surface area (Å²) in [4.78, 5) is 11.8. The summed E-state index contributed by atoms with van der Waals surface area (Å²) >= 11 is 0. The van der Waals surface area contributed by atoms with Crippen molar-refractivity contribution >= 4 is 5.97 Å². The van der Waals surface area contributed by atoms with E-state index in [-0.39, 0.29) is 12.5 Å². The van der Waals surface area contributed by atoms with E-state index >= 15 is 0 Å². The van der Waals surface area contributed by atoms with Crippen molar-refractivity contribution in [3.05, 3.63) is 0 Å². The predicted molar refractivity (Wildman–Crippen MR) is 57.1 cm³/mol. The number of hydrogen-bond acceptors (Lipinski definition) is 4. The smallest absolute Gasteiger partial charge is 0.313 e. The molecule has 0 aliphatic heterocycles. The molecule has 0 aromatic rings. The maximum atomic E-state index is 11.8. The Kier molecular flexibility index (Phi) is 4.11. The zero-order valence-corrected chi connectivity index (χ0v) is 9.53. The molecule has 0 spiro atoms. The Bertz CT molecular complexity index is 220. The number of ether oxygens (including phenoxy) is 1. The van der Waals surface area contributed by atoms with Crippen molar-refractivity contribution in [2.75, 3.05) is 13.7 Å². The highest BCUT2D eigenvalue weighted by molar-refractivity contribution is 5.77. The summed E-state index contributed by atoms with van der Waals surface area (Å²) < 4.78 is 4.81. The Morgan fingerprint density at radius 1 is 1.67 bits per heavy atom. The standard InChI is InChI=1S/C11H21NO3/c1-8(13)5-11(7-12,10(14)15-2)6-9-3-4-9/h8-9,13H,3-7,12H2,1-2H3. The molecule has 1 fully saturated rings. The summed E-state index contributed by atoms with van der Waals surface area (Å²) in [6, 6.07) is 0. The number of carbonyl (C=O) groups is 1. The number of nitrogens with two attached hydrogens (primary N) is 1. The van der Waals surface area contributed by atoms with E-state index in [1.165, 1.54) is 20.0 Å². The van der Waals surface area contributed by atoms with Crippen molar-refractivity contribution in [2.45, 2.75) is 38.7 Å². The van der Waals surface area contributed by atoms with Gasteiger partial charge in [0.15, 0.2) is 0 Å². The first-order valence-corrected chi connectivity index (χ1v) is 5.50. The van der Waals surface area contributed by atoms with Crippen LogP contribution in [-0.4, -0.2) is 30.8 Å². The van der Waals surface area contributed by atoms with E-state index in [0.29, 0.717) is 12.3 Å². The minimum absolute atomic E-state index is 0.251. The highest BCUT2D eigenvalue weighted by atomic mass is 16.5. The van der Waals surface area contributed by atoms with E-state index in [0.717, 1.165) is 6.42 Å². The van der Waals surface area contributed by atoms with Gasteiger partial charge >= 0.3 is 5.97 Å². The topological polar surface area (TPSA) is 72.5 Å². The second-order valence-electron chi connectivity index (χ2n) is 4.68. The zero-order chi connectivity index (χ0) is 11.5. The number of carbonyl (C=O) groups excluding carboxylic acids is 1. The molecule has 1 rings (SSSR count). The van der Waals surface area contributed by atoms with Crippen LogP contribution in [0.5, 0.6) is 0 Å². The van der Waals surface area contributed by atoms with Crippen LogP contribution < -0.4 is 5.73 Å². The lowest BCUT2D eigenvalue weighted by atomic mass is 9.78. The van der Waals surface area contributed by atoms with Gasteiger partial charge in [0.05, 0.1) is 18.6 Å². The van der Waals surface area contributed by atoms with Crippen LogP contribution in [0.4, 0.5) is 0 Å². The van der Waals surface area contributed by atoms with Crippen LogP contribution in [-0.2, 0) is 9.53 Å². The van der Waals surface area contributed by atoms with Crippen molar-refractivity contribution in [3.8, 4) is 0 Å². The second-order valence-corrected chi connectivity index (χ2v) is 4.68. The second kappa shape index (κ2) is 4.94. The van der Waals surface area contributed by atoms with Gasteiger partial charge < -0.3 is 15.6 Å². The van der Waals surface area contributed by atoms with E-state index in [4.69, 9.17) is 10.5 Å². The number of aliphatic hydroxyl groups is 1. The van der Waals surface area contributed by atoms with Gasteiger partial charge in [-0.25, -0.2) is 0 Å². The molecule has 4 nitrogen and oxygen atoms in total. The molecule has 0 aromatic heterocycles. The Morgan fingerprint density at radius 2 is 2.27 bits per heavy atom. The largest absolute Gasteiger partial charge is 0.469 e. The van der Waals surface area contributed by atoms with Crippen LogP contribution in [0.3, 0.4) is 0 Å². The Morgan fingerprint density at radius 3 is 2.60 bits per heavy atom. The van der Waals surface area contributed by atoms with Crippen molar-refractivity contribution < 1.29 is 14.6 Å². The van der Waals surface area contributed by atoms with Gasteiger partial charge in [-0.05, 0) is 25.7 Å². The molecule has 15 heavy (non-hydrogen) atoms. The molecule has 3 N–H and O–H groups in total. The van der Waals surface area contributed by atoms with Crippen molar-refractivity contribution in [1.29, 1.82) is 0 Å². The van der Waals surface area contributed by atoms with Crippen LogP contribution >= 0.6 is 0 Å². The maximum absolute atomic E-state index is 11.8. The van der Waals surface area contributed by atoms with E-state index in [2.05, 4.69) is 0 Å². The van der Waals surface area contributed by atoms with Gasteiger partial charge in [0.1, 0.15) is 0 Å². The number of methoxy groups -OCH3 is 1. The quantitative estimate of drug-likeness (QED) is 0.639. The molecule has 0 aromatic carbocycles. The lowest BCUT2D eigenvalue weighted by molar-refractivity contribution is -0.155. The zero-order valence-electron chi connectivity index (χ0n) is 9.53. The molecule has 1 saturated carbocycles. The fraction of sp³-hybridized carbons (Fsp3) is 0.909. The van der Waals surface area contributed by atoms with Crippen LogP contribution in [0.25, 0.3) is 0 Å². The Labute approximate surface area is 90.8 Å². The van der Waals surface area contributed by atoms with Crippen LogP contribution in [0.2, 0.25) is 0 Å². The van der Waals surface area contributed by atoms with Gasteiger partial charge in [-0.2, -0.15) is 0 Å². The van der Waals surface area contributed by atoms with Gasteiger partial charge in [-0.3, -0.25) is 4.79 Å². The third-order valence-electron chi connectivity index (χ3n) is 3.07. The van der Waals surface area contributed by atoms with Crippen LogP contribution in [0, 0.1) is 11.3 Å². The van der Waals surface area contributed by atoms with Gasteiger partial charge in [-0.15, -0.1) is 0 Å². The molecular weight excluding hydrogens is 194 g/mol. The first-order chi connectivity index (χ1) is 7.04. The molecule has 0 radical (unpaired) electrons. The molecule has 2 atom stereocenters. The summed E-state index contributed by atoms with van der Waals surface area (Å²) in [5.74, 6) is 0.309. The summed E-state index contributed by atoms with van der Waals surface area (Å²) in [5, 5.41) is 9.43. The van der Waals surface area contributed by atoms with E-state index in [9.17, 15) is 9.90 Å². The molecule has 2 unspecified atom stereocenters.